The molecule has 23 nitrogen and oxygen atoms in total. The fourth-order valence-electron chi connectivity index (χ4n) is 13.9. The summed E-state index contributed by atoms with van der Waals surface area (Å²) in [6.45, 7) is 9.50. The van der Waals surface area contributed by atoms with Crippen LogP contribution in [-0.2, 0) is 52.2 Å². The van der Waals surface area contributed by atoms with Crippen LogP contribution in [0.5, 0.6) is 0 Å². The van der Waals surface area contributed by atoms with Crippen LogP contribution >= 0.6 is 0 Å². The van der Waals surface area contributed by atoms with Crippen LogP contribution in [0.3, 0.4) is 0 Å². The molecule has 4 saturated heterocycles. The van der Waals surface area contributed by atoms with Crippen LogP contribution in [-0.4, -0.2) is 228 Å². The maximum atomic E-state index is 13.5. The monoisotopic (exact) mass is 1060 g/mol. The van der Waals surface area contributed by atoms with E-state index in [1.54, 1.807) is 6.92 Å². The highest BCUT2D eigenvalue weighted by atomic mass is 16.8. The van der Waals surface area contributed by atoms with Gasteiger partial charge < -0.3 is 104 Å². The largest absolute Gasteiger partial charge is 0.462 e. The van der Waals surface area contributed by atoms with Crippen molar-refractivity contribution in [1.29, 1.82) is 0 Å². The first-order chi connectivity index (χ1) is 34.9. The zero-order valence-electron chi connectivity index (χ0n) is 43.0. The summed E-state index contributed by atoms with van der Waals surface area (Å²) < 4.78 is 53.8. The van der Waals surface area contributed by atoms with Gasteiger partial charge in [-0.2, -0.15) is 0 Å². The van der Waals surface area contributed by atoms with Gasteiger partial charge in [-0.05, 0) is 107 Å². The Kier molecular flexibility index (Phi) is 18.4. The summed E-state index contributed by atoms with van der Waals surface area (Å²) in [4.78, 5) is 27.0. The minimum atomic E-state index is -1.77. The number of hydrogen-bond donors (Lipinski definition) is 12. The number of carbonyl (C=O) groups is 2. The molecule has 424 valence electrons. The number of allylic oxidation sites excluding steroid dienone is 1. The molecule has 4 aliphatic carbocycles. The average Bonchev–Trinajstić information content (AvgIpc) is 3.67. The SMILES string of the molecule is CC(=O)[C@H]1[C@@H](OC(=O)CC[C@H](C)CO[C@@H]2O[C@H](CO)[C@@H](O)[C@H](O)[C@H]2O)C[C@H]2[C@@H]3CC=C4C[C@@H](O[C@@H]5O[C@H](CO)[C@@H](O[C@@H]6O[C@@H](C)[C@H](O)[C@@H](O)[C@H]6O)[C@H](O)[C@H]5O[C@@H]5O[C@@H](C)[C@H](O)[C@@H](O)[C@H]5O)CC[C@]4(C)[C@H]3CC[C@@]21C. The van der Waals surface area contributed by atoms with Crippen LogP contribution in [0.25, 0.3) is 0 Å². The van der Waals surface area contributed by atoms with Gasteiger partial charge >= 0.3 is 5.97 Å². The average molecular weight is 1060 g/mol. The Balaban J connectivity index is 0.923. The molecule has 0 aromatic heterocycles. The number of rotatable bonds is 16. The zero-order valence-corrected chi connectivity index (χ0v) is 43.0. The highest BCUT2D eigenvalue weighted by molar-refractivity contribution is 5.81. The van der Waals surface area contributed by atoms with Gasteiger partial charge in [0.25, 0.3) is 0 Å². The number of hydrogen-bond acceptors (Lipinski definition) is 23. The van der Waals surface area contributed by atoms with Gasteiger partial charge in [0.2, 0.25) is 0 Å². The molecule has 74 heavy (non-hydrogen) atoms. The third kappa shape index (κ3) is 11.2. The van der Waals surface area contributed by atoms with Crippen LogP contribution in [0.4, 0.5) is 0 Å². The first kappa shape index (κ1) is 58.2. The molecule has 8 rings (SSSR count). The predicted octanol–water partition coefficient (Wildman–Crippen LogP) is -2.20. The number of carbonyl (C=O) groups excluding carboxylic acids is 2. The lowest BCUT2D eigenvalue weighted by Crippen LogP contribution is -2.66. The van der Waals surface area contributed by atoms with Gasteiger partial charge in [-0.3, -0.25) is 9.59 Å². The third-order valence-corrected chi connectivity index (χ3v) is 18.3. The van der Waals surface area contributed by atoms with Crippen LogP contribution in [0.15, 0.2) is 11.6 Å². The molecule has 0 unspecified atom stereocenters. The molecule has 23 heteroatoms. The summed E-state index contributed by atoms with van der Waals surface area (Å²) >= 11 is 0. The van der Waals surface area contributed by atoms with Gasteiger partial charge in [0.15, 0.2) is 25.2 Å². The maximum absolute atomic E-state index is 13.5. The van der Waals surface area contributed by atoms with Gasteiger partial charge in [-0.1, -0.05) is 32.4 Å². The Hall–Kier alpha value is -1.92. The Bertz CT molecular complexity index is 1940. The highest BCUT2D eigenvalue weighted by Crippen LogP contribution is 2.67. The summed E-state index contributed by atoms with van der Waals surface area (Å²) in [6, 6.07) is 0. The molecule has 29 atom stereocenters. The third-order valence-electron chi connectivity index (χ3n) is 18.3. The predicted molar refractivity (Wildman–Crippen MR) is 250 cm³/mol. The van der Waals surface area contributed by atoms with Crippen molar-refractivity contribution in [1.82, 2.24) is 0 Å². The van der Waals surface area contributed by atoms with E-state index >= 15 is 0 Å². The summed E-state index contributed by atoms with van der Waals surface area (Å²) in [6.07, 6.45) is -23.3. The van der Waals surface area contributed by atoms with E-state index in [2.05, 4.69) is 19.9 Å². The number of ketones is 1. The van der Waals surface area contributed by atoms with Crippen LogP contribution < -0.4 is 0 Å². The molecule has 7 fully saturated rings. The van der Waals surface area contributed by atoms with E-state index < -0.39 is 166 Å². The number of esters is 1. The second-order valence-corrected chi connectivity index (χ2v) is 23.1. The molecule has 12 N–H and O–H groups in total. The maximum Gasteiger partial charge on any atom is 0.306 e. The fraction of sp³-hybridized carbons (Fsp3) is 0.922. The molecule has 0 bridgehead atoms. The van der Waals surface area contributed by atoms with Gasteiger partial charge in [-0.15, -0.1) is 0 Å². The Labute approximate surface area is 430 Å². The minimum absolute atomic E-state index is 0.0249. The molecular formula is C51H82O23. The lowest BCUT2D eigenvalue weighted by molar-refractivity contribution is -0.388. The van der Waals surface area contributed by atoms with Crippen molar-refractivity contribution < 1.29 is 113 Å². The van der Waals surface area contributed by atoms with E-state index in [0.717, 1.165) is 19.3 Å². The summed E-state index contributed by atoms with van der Waals surface area (Å²) in [5.41, 5.74) is 0.515. The van der Waals surface area contributed by atoms with E-state index in [0.29, 0.717) is 32.1 Å². The molecule has 4 aliphatic heterocycles. The normalized spacial score (nSPS) is 51.0. The molecule has 0 amide bonds. The highest BCUT2D eigenvalue weighted by Gasteiger charge is 2.64. The minimum Gasteiger partial charge on any atom is -0.462 e. The Morgan fingerprint density at radius 2 is 1.26 bits per heavy atom. The van der Waals surface area contributed by atoms with Crippen molar-refractivity contribution in [3.63, 3.8) is 0 Å². The van der Waals surface area contributed by atoms with Crippen molar-refractivity contribution in [3.8, 4) is 0 Å². The molecular weight excluding hydrogens is 981 g/mol. The van der Waals surface area contributed by atoms with E-state index in [4.69, 9.17) is 42.6 Å². The standard InChI is InChI=1S/C51H82O23/c1-20(19-66-46-40(62)39(61)36(58)30(17-52)71-46)7-10-32(55)70-29-16-28-26-9-8-24-15-25(11-13-50(24,5)27(26)12-14-51(28,6)33(29)21(2)54)69-49-45(74-48-42(64)38(60)35(57)23(4)68-48)43(65)44(31(18-53)72-49)73-47-41(63)37(59)34(56)22(3)67-47/h8,20,22-23,25-31,33-49,52-53,56-65H,7,9-19H2,1-6H3/t20-,22-,23-,25-,26+,27-,28-,29-,30+,31+,33-,34-,35-,36+,37+,38+,39-,40+,41+,42+,43-,44+,45+,46+,47-,48-,49+,50-,51-/m0/s1. The smallest absolute Gasteiger partial charge is 0.306 e. The van der Waals surface area contributed by atoms with Crippen molar-refractivity contribution in [2.45, 2.75) is 234 Å². The van der Waals surface area contributed by atoms with Gasteiger partial charge in [0, 0.05) is 6.42 Å². The van der Waals surface area contributed by atoms with Crippen LogP contribution in [0.1, 0.15) is 99.3 Å². The van der Waals surface area contributed by atoms with Crippen molar-refractivity contribution in [3.05, 3.63) is 11.6 Å². The molecule has 8 aliphatic rings. The van der Waals surface area contributed by atoms with Gasteiger partial charge in [0.1, 0.15) is 97.3 Å². The second kappa shape index (κ2) is 23.4. The van der Waals surface area contributed by atoms with E-state index in [-0.39, 0.29) is 47.9 Å². The van der Waals surface area contributed by atoms with Gasteiger partial charge in [0.05, 0.1) is 44.1 Å². The summed E-state index contributed by atoms with van der Waals surface area (Å²) in [7, 11) is 0. The Morgan fingerprint density at radius 3 is 1.86 bits per heavy atom. The zero-order chi connectivity index (χ0) is 53.9. The first-order valence-electron chi connectivity index (χ1n) is 26.6. The number of aliphatic hydroxyl groups excluding tert-OH is 12. The number of Topliss-reactive ketones (excluding diaryl/α,β-unsaturated/α-hetero) is 1. The molecule has 0 radical (unpaired) electrons. The molecule has 3 saturated carbocycles. The van der Waals surface area contributed by atoms with E-state index in [1.165, 1.54) is 19.4 Å². The number of fused-ring (bicyclic) bond motifs is 5. The summed E-state index contributed by atoms with van der Waals surface area (Å²) in [5, 5.41) is 126. The lowest BCUT2D eigenvalue weighted by Gasteiger charge is -2.58. The van der Waals surface area contributed by atoms with E-state index in [1.807, 2.05) is 6.92 Å². The van der Waals surface area contributed by atoms with Crippen molar-refractivity contribution in [2.24, 2.45) is 40.4 Å². The number of aliphatic hydroxyl groups is 12. The van der Waals surface area contributed by atoms with E-state index in [9.17, 15) is 70.9 Å². The fourth-order valence-corrected chi connectivity index (χ4v) is 13.9. The van der Waals surface area contributed by atoms with Crippen molar-refractivity contribution in [2.75, 3.05) is 19.8 Å². The van der Waals surface area contributed by atoms with Gasteiger partial charge in [-0.25, -0.2) is 0 Å². The topological polar surface area (TPSA) is 360 Å². The molecule has 0 spiro atoms. The van der Waals surface area contributed by atoms with Crippen LogP contribution in [0, 0.1) is 40.4 Å². The second-order valence-electron chi connectivity index (χ2n) is 23.1. The quantitative estimate of drug-likeness (QED) is 0.0576. The Morgan fingerprint density at radius 1 is 0.676 bits per heavy atom. The van der Waals surface area contributed by atoms with Crippen LogP contribution in [0.2, 0.25) is 0 Å². The first-order valence-corrected chi connectivity index (χ1v) is 26.6. The molecule has 0 aromatic rings. The number of ether oxygens (including phenoxy) is 9. The van der Waals surface area contributed by atoms with Crippen molar-refractivity contribution >= 4 is 11.8 Å². The lowest BCUT2D eigenvalue weighted by atomic mass is 9.47. The summed E-state index contributed by atoms with van der Waals surface area (Å²) in [5.74, 6) is -0.639. The molecule has 4 heterocycles. The molecule has 0 aromatic carbocycles.